The fourth-order valence-electron chi connectivity index (χ4n) is 1.54. The van der Waals surface area contributed by atoms with Crippen LogP contribution in [0.1, 0.15) is 5.56 Å². The summed E-state index contributed by atoms with van der Waals surface area (Å²) < 4.78 is 27.1. The maximum Gasteiger partial charge on any atom is 0.250 e. The minimum atomic E-state index is -3.47. The first-order valence-corrected chi connectivity index (χ1v) is 8.52. The first-order chi connectivity index (χ1) is 8.97. The lowest BCUT2D eigenvalue weighted by Gasteiger charge is -2.05. The minimum Gasteiger partial charge on any atom is -0.210 e. The van der Waals surface area contributed by atoms with Crippen molar-refractivity contribution in [2.75, 3.05) is 6.54 Å². The number of halogens is 2. The number of thiophene rings is 1. The van der Waals surface area contributed by atoms with Gasteiger partial charge in [0, 0.05) is 11.6 Å². The van der Waals surface area contributed by atoms with Gasteiger partial charge in [0.25, 0.3) is 0 Å². The van der Waals surface area contributed by atoms with Crippen LogP contribution in [0.15, 0.2) is 40.6 Å². The third-order valence-electron chi connectivity index (χ3n) is 2.41. The molecule has 1 heterocycles. The van der Waals surface area contributed by atoms with Gasteiger partial charge in [0.05, 0.1) is 4.34 Å². The molecule has 19 heavy (non-hydrogen) atoms. The van der Waals surface area contributed by atoms with E-state index in [0.29, 0.717) is 22.3 Å². The van der Waals surface area contributed by atoms with Crippen LogP contribution in [0.25, 0.3) is 0 Å². The van der Waals surface area contributed by atoms with E-state index < -0.39 is 10.0 Å². The van der Waals surface area contributed by atoms with Crippen molar-refractivity contribution in [2.24, 2.45) is 0 Å². The summed E-state index contributed by atoms with van der Waals surface area (Å²) >= 11 is 12.6. The smallest absolute Gasteiger partial charge is 0.210 e. The van der Waals surface area contributed by atoms with E-state index in [0.717, 1.165) is 16.9 Å². The molecule has 1 aromatic carbocycles. The molecule has 0 spiro atoms. The number of sulfonamides is 1. The quantitative estimate of drug-likeness (QED) is 0.907. The van der Waals surface area contributed by atoms with E-state index in [-0.39, 0.29) is 4.21 Å². The number of benzene rings is 1. The highest BCUT2D eigenvalue weighted by atomic mass is 35.5. The van der Waals surface area contributed by atoms with Crippen LogP contribution in [0.3, 0.4) is 0 Å². The average Bonchev–Trinajstić information content (AvgIpc) is 2.76. The summed E-state index contributed by atoms with van der Waals surface area (Å²) in [4.78, 5) is 0. The van der Waals surface area contributed by atoms with Crippen molar-refractivity contribution >= 4 is 44.6 Å². The molecule has 0 saturated heterocycles. The Bertz CT molecular complexity index is 668. The lowest BCUT2D eigenvalue weighted by molar-refractivity contribution is 0.584. The second kappa shape index (κ2) is 6.24. The fraction of sp³-hybridized carbons (Fsp3) is 0.167. The van der Waals surface area contributed by atoms with E-state index >= 15 is 0 Å². The summed E-state index contributed by atoms with van der Waals surface area (Å²) in [6, 6.07) is 10.4. The van der Waals surface area contributed by atoms with Gasteiger partial charge in [0.1, 0.15) is 4.21 Å². The van der Waals surface area contributed by atoms with E-state index in [1.807, 2.05) is 18.2 Å². The molecular formula is C12H11Cl2NO2S2. The van der Waals surface area contributed by atoms with Gasteiger partial charge in [-0.1, -0.05) is 35.3 Å². The van der Waals surface area contributed by atoms with Crippen LogP contribution in [-0.2, 0) is 16.4 Å². The Morgan fingerprint density at radius 1 is 1.16 bits per heavy atom. The topological polar surface area (TPSA) is 46.2 Å². The largest absolute Gasteiger partial charge is 0.250 e. The molecule has 0 fully saturated rings. The van der Waals surface area contributed by atoms with E-state index in [9.17, 15) is 8.42 Å². The third kappa shape index (κ3) is 4.19. The lowest BCUT2D eigenvalue weighted by atomic mass is 10.2. The molecule has 0 aliphatic carbocycles. The molecule has 1 aromatic heterocycles. The summed E-state index contributed by atoms with van der Waals surface area (Å²) in [7, 11) is -3.47. The van der Waals surface area contributed by atoms with Gasteiger partial charge < -0.3 is 0 Å². The fourth-order valence-corrected chi connectivity index (χ4v) is 4.31. The summed E-state index contributed by atoms with van der Waals surface area (Å²) in [6.07, 6.45) is 0.582. The Morgan fingerprint density at radius 2 is 1.95 bits per heavy atom. The van der Waals surface area contributed by atoms with Crippen LogP contribution < -0.4 is 4.72 Å². The van der Waals surface area contributed by atoms with Gasteiger partial charge in [0.15, 0.2) is 0 Å². The number of hydrogen-bond acceptors (Lipinski definition) is 3. The highest BCUT2D eigenvalue weighted by Crippen LogP contribution is 2.25. The Balaban J connectivity index is 1.96. The number of nitrogens with one attached hydrogen (secondary N) is 1. The van der Waals surface area contributed by atoms with Crippen LogP contribution in [0.4, 0.5) is 0 Å². The molecule has 0 saturated carbocycles. The van der Waals surface area contributed by atoms with Gasteiger partial charge in [0.2, 0.25) is 10.0 Å². The zero-order chi connectivity index (χ0) is 13.9. The summed E-state index contributed by atoms with van der Waals surface area (Å²) in [5.41, 5.74) is 0.986. The normalized spacial score (nSPS) is 11.7. The molecule has 0 radical (unpaired) electrons. The maximum atomic E-state index is 11.9. The van der Waals surface area contributed by atoms with E-state index in [4.69, 9.17) is 23.2 Å². The van der Waals surface area contributed by atoms with Crippen molar-refractivity contribution in [3.05, 3.63) is 51.3 Å². The molecule has 2 aromatic rings. The predicted molar refractivity (Wildman–Crippen MR) is 79.7 cm³/mol. The predicted octanol–water partition coefficient (Wildman–Crippen LogP) is 3.58. The van der Waals surface area contributed by atoms with Crippen molar-refractivity contribution in [1.29, 1.82) is 0 Å². The first kappa shape index (κ1) is 14.8. The highest BCUT2D eigenvalue weighted by Gasteiger charge is 2.15. The van der Waals surface area contributed by atoms with E-state index in [2.05, 4.69) is 4.72 Å². The molecule has 7 heteroatoms. The zero-order valence-corrected chi connectivity index (χ0v) is 12.9. The molecule has 102 valence electrons. The van der Waals surface area contributed by atoms with Gasteiger partial charge in [-0.3, -0.25) is 0 Å². The van der Waals surface area contributed by atoms with Gasteiger partial charge in [-0.05, 0) is 36.2 Å². The lowest BCUT2D eigenvalue weighted by Crippen LogP contribution is -2.25. The van der Waals surface area contributed by atoms with Crippen LogP contribution >= 0.6 is 34.5 Å². The second-order valence-electron chi connectivity index (χ2n) is 3.84. The van der Waals surface area contributed by atoms with Gasteiger partial charge in [-0.2, -0.15) is 0 Å². The second-order valence-corrected chi connectivity index (χ2v) is 7.98. The molecule has 1 N–H and O–H groups in total. The standard InChI is InChI=1S/C12H11Cl2NO2S2/c13-10-3-1-2-9(8-10)6-7-15-19(16,17)12-5-4-11(14)18-12/h1-5,8,15H,6-7H2. The van der Waals surface area contributed by atoms with Crippen LogP contribution in [0.5, 0.6) is 0 Å². The molecule has 0 unspecified atom stereocenters. The minimum absolute atomic E-state index is 0.226. The van der Waals surface area contributed by atoms with Crippen molar-refractivity contribution in [1.82, 2.24) is 4.72 Å². The van der Waals surface area contributed by atoms with Gasteiger partial charge >= 0.3 is 0 Å². The Kier molecular flexibility index (Phi) is 4.86. The van der Waals surface area contributed by atoms with Crippen molar-refractivity contribution in [2.45, 2.75) is 10.6 Å². The Hall–Kier alpha value is -0.590. The van der Waals surface area contributed by atoms with Gasteiger partial charge in [-0.25, -0.2) is 13.1 Å². The maximum absolute atomic E-state index is 11.9. The molecule has 0 atom stereocenters. The third-order valence-corrected chi connectivity index (χ3v) is 5.83. The monoisotopic (exact) mass is 335 g/mol. The summed E-state index contributed by atoms with van der Waals surface area (Å²) in [6.45, 7) is 0.318. The Labute approximate surface area is 126 Å². The molecule has 0 aliphatic heterocycles. The van der Waals surface area contributed by atoms with E-state index in [1.165, 1.54) is 6.07 Å². The van der Waals surface area contributed by atoms with Crippen LogP contribution in [-0.4, -0.2) is 15.0 Å². The molecule has 0 aliphatic rings. The molecular weight excluding hydrogens is 325 g/mol. The molecule has 2 rings (SSSR count). The number of rotatable bonds is 5. The van der Waals surface area contributed by atoms with Crippen LogP contribution in [0.2, 0.25) is 9.36 Å². The highest BCUT2D eigenvalue weighted by molar-refractivity contribution is 7.91. The van der Waals surface area contributed by atoms with Crippen molar-refractivity contribution in [3.63, 3.8) is 0 Å². The van der Waals surface area contributed by atoms with E-state index in [1.54, 1.807) is 12.1 Å². The van der Waals surface area contributed by atoms with Crippen LogP contribution in [0, 0.1) is 0 Å². The summed E-state index contributed by atoms with van der Waals surface area (Å²) in [5, 5.41) is 0.644. The Morgan fingerprint density at radius 3 is 2.58 bits per heavy atom. The first-order valence-electron chi connectivity index (χ1n) is 5.47. The SMILES string of the molecule is O=S(=O)(NCCc1cccc(Cl)c1)c1ccc(Cl)s1. The molecule has 0 bridgehead atoms. The van der Waals surface area contributed by atoms with Gasteiger partial charge in [-0.15, -0.1) is 11.3 Å². The molecule has 3 nitrogen and oxygen atoms in total. The zero-order valence-electron chi connectivity index (χ0n) is 9.77. The van der Waals surface area contributed by atoms with Crippen molar-refractivity contribution < 1.29 is 8.42 Å². The van der Waals surface area contributed by atoms with Crippen molar-refractivity contribution in [3.8, 4) is 0 Å². The number of hydrogen-bond donors (Lipinski definition) is 1. The average molecular weight is 336 g/mol. The summed E-state index contributed by atoms with van der Waals surface area (Å²) in [5.74, 6) is 0. The molecule has 0 amide bonds.